The minimum Gasteiger partial charge on any atom is -0.378 e. The summed E-state index contributed by atoms with van der Waals surface area (Å²) in [7, 11) is 0. The van der Waals surface area contributed by atoms with Crippen LogP contribution in [-0.2, 0) is 11.3 Å². The van der Waals surface area contributed by atoms with Crippen LogP contribution in [0.15, 0.2) is 60.9 Å². The van der Waals surface area contributed by atoms with Crippen molar-refractivity contribution in [3.8, 4) is 11.1 Å². The number of aryl methyl sites for hydroxylation is 1. The molecule has 4 aromatic rings. The maximum Gasteiger partial charge on any atom is 0.165 e. The van der Waals surface area contributed by atoms with Gasteiger partial charge in [-0.15, -0.1) is 0 Å². The summed E-state index contributed by atoms with van der Waals surface area (Å²) >= 11 is 0. The van der Waals surface area contributed by atoms with Gasteiger partial charge in [-0.1, -0.05) is 54.6 Å². The van der Waals surface area contributed by atoms with Gasteiger partial charge >= 0.3 is 0 Å². The van der Waals surface area contributed by atoms with E-state index >= 15 is 0 Å². The van der Waals surface area contributed by atoms with Gasteiger partial charge in [-0.3, -0.25) is 0 Å². The number of aromatic nitrogens is 4. The molecule has 1 fully saturated rings. The van der Waals surface area contributed by atoms with Gasteiger partial charge in [0.15, 0.2) is 17.0 Å². The number of nitrogens with zero attached hydrogens (tertiary/aromatic N) is 5. The Morgan fingerprint density at radius 3 is 2.38 bits per heavy atom. The maximum atomic E-state index is 5.47. The SMILES string of the molecule is Cc1nc2c(N3CCOCC3)ncnc2n1Cc1ccc(-c2ccccc2)cc1. The summed E-state index contributed by atoms with van der Waals surface area (Å²) in [5, 5.41) is 0. The van der Waals surface area contributed by atoms with Crippen LogP contribution < -0.4 is 4.90 Å². The molecule has 6 nitrogen and oxygen atoms in total. The number of hydrogen-bond donors (Lipinski definition) is 0. The quantitative estimate of drug-likeness (QED) is 0.536. The first-order valence-corrected chi connectivity index (χ1v) is 9.94. The fourth-order valence-corrected chi connectivity index (χ4v) is 3.85. The van der Waals surface area contributed by atoms with Gasteiger partial charge in [-0.05, 0) is 23.6 Å². The summed E-state index contributed by atoms with van der Waals surface area (Å²) in [5.41, 5.74) is 5.42. The molecule has 2 aromatic carbocycles. The second-order valence-corrected chi connectivity index (χ2v) is 7.28. The Bertz CT molecular complexity index is 1120. The molecule has 1 aliphatic rings. The number of anilines is 1. The van der Waals surface area contributed by atoms with Crippen LogP contribution in [0.5, 0.6) is 0 Å². The molecule has 0 bridgehead atoms. The minimum absolute atomic E-state index is 0.721. The van der Waals surface area contributed by atoms with Crippen LogP contribution in [0.25, 0.3) is 22.3 Å². The summed E-state index contributed by atoms with van der Waals surface area (Å²) < 4.78 is 7.64. The largest absolute Gasteiger partial charge is 0.378 e. The van der Waals surface area contributed by atoms with E-state index in [0.717, 1.165) is 55.7 Å². The highest BCUT2D eigenvalue weighted by Gasteiger charge is 2.20. The molecule has 0 amide bonds. The maximum absolute atomic E-state index is 5.47. The third-order valence-corrected chi connectivity index (χ3v) is 5.42. The third kappa shape index (κ3) is 3.47. The summed E-state index contributed by atoms with van der Waals surface area (Å²) in [6.45, 7) is 5.87. The highest BCUT2D eigenvalue weighted by molar-refractivity contribution is 5.84. The summed E-state index contributed by atoms with van der Waals surface area (Å²) in [6, 6.07) is 19.1. The average Bonchev–Trinajstić information content (AvgIpc) is 3.10. The van der Waals surface area contributed by atoms with E-state index in [0.29, 0.717) is 0 Å². The normalized spacial score (nSPS) is 14.4. The fourth-order valence-electron chi connectivity index (χ4n) is 3.85. The lowest BCUT2D eigenvalue weighted by molar-refractivity contribution is 0.122. The second kappa shape index (κ2) is 7.64. The van der Waals surface area contributed by atoms with Crippen molar-refractivity contribution in [2.24, 2.45) is 0 Å². The summed E-state index contributed by atoms with van der Waals surface area (Å²) in [6.07, 6.45) is 1.64. The van der Waals surface area contributed by atoms with Crippen LogP contribution in [0.3, 0.4) is 0 Å². The monoisotopic (exact) mass is 385 g/mol. The van der Waals surface area contributed by atoms with E-state index in [4.69, 9.17) is 9.72 Å². The zero-order chi connectivity index (χ0) is 19.6. The lowest BCUT2D eigenvalue weighted by Crippen LogP contribution is -2.36. The van der Waals surface area contributed by atoms with Crippen molar-refractivity contribution in [2.45, 2.75) is 13.5 Å². The van der Waals surface area contributed by atoms with E-state index in [1.807, 2.05) is 13.0 Å². The molecular weight excluding hydrogens is 362 g/mol. The molecule has 0 atom stereocenters. The highest BCUT2D eigenvalue weighted by atomic mass is 16.5. The Hall–Kier alpha value is -3.25. The molecule has 29 heavy (non-hydrogen) atoms. The molecule has 1 saturated heterocycles. The van der Waals surface area contributed by atoms with Gasteiger partial charge in [0.05, 0.1) is 19.8 Å². The van der Waals surface area contributed by atoms with Crippen LogP contribution in [-0.4, -0.2) is 45.8 Å². The molecule has 3 heterocycles. The van der Waals surface area contributed by atoms with Crippen molar-refractivity contribution in [2.75, 3.05) is 31.2 Å². The zero-order valence-electron chi connectivity index (χ0n) is 16.5. The molecule has 146 valence electrons. The van der Waals surface area contributed by atoms with Gasteiger partial charge in [-0.25, -0.2) is 15.0 Å². The van der Waals surface area contributed by atoms with Crippen molar-refractivity contribution >= 4 is 17.0 Å². The smallest absolute Gasteiger partial charge is 0.165 e. The Balaban J connectivity index is 1.45. The fraction of sp³-hybridized carbons (Fsp3) is 0.261. The van der Waals surface area contributed by atoms with Gasteiger partial charge in [0.1, 0.15) is 12.2 Å². The number of hydrogen-bond acceptors (Lipinski definition) is 5. The van der Waals surface area contributed by atoms with Crippen molar-refractivity contribution in [1.82, 2.24) is 19.5 Å². The second-order valence-electron chi connectivity index (χ2n) is 7.28. The molecule has 1 aliphatic heterocycles. The molecule has 0 N–H and O–H groups in total. The lowest BCUT2D eigenvalue weighted by Gasteiger charge is -2.27. The third-order valence-electron chi connectivity index (χ3n) is 5.42. The Labute approximate surface area is 169 Å². The number of rotatable bonds is 4. The topological polar surface area (TPSA) is 56.1 Å². The Morgan fingerprint density at radius 2 is 1.62 bits per heavy atom. The van der Waals surface area contributed by atoms with Crippen LogP contribution in [0.4, 0.5) is 5.82 Å². The standard InChI is InChI=1S/C23H23N5O/c1-17-26-21-22(27-11-13-29-14-12-27)24-16-25-23(21)28(17)15-18-7-9-20(10-8-18)19-5-3-2-4-6-19/h2-10,16H,11-15H2,1H3. The van der Waals surface area contributed by atoms with Gasteiger partial charge in [0.25, 0.3) is 0 Å². The van der Waals surface area contributed by atoms with Gasteiger partial charge in [-0.2, -0.15) is 0 Å². The van der Waals surface area contributed by atoms with E-state index in [1.165, 1.54) is 16.7 Å². The molecule has 6 heteroatoms. The van der Waals surface area contributed by atoms with E-state index in [-0.39, 0.29) is 0 Å². The Kier molecular flexibility index (Phi) is 4.69. The van der Waals surface area contributed by atoms with Crippen molar-refractivity contribution in [3.63, 3.8) is 0 Å². The number of morpholine rings is 1. The summed E-state index contributed by atoms with van der Waals surface area (Å²) in [5.74, 6) is 1.85. The minimum atomic E-state index is 0.721. The zero-order valence-corrected chi connectivity index (χ0v) is 16.5. The van der Waals surface area contributed by atoms with Crippen molar-refractivity contribution in [1.29, 1.82) is 0 Å². The number of ether oxygens (including phenoxy) is 1. The van der Waals surface area contributed by atoms with Crippen LogP contribution in [0, 0.1) is 6.92 Å². The van der Waals surface area contributed by atoms with Crippen LogP contribution in [0.2, 0.25) is 0 Å². The molecular formula is C23H23N5O. The van der Waals surface area contributed by atoms with Gasteiger partial charge in [0.2, 0.25) is 0 Å². The van der Waals surface area contributed by atoms with E-state index in [2.05, 4.69) is 68.0 Å². The summed E-state index contributed by atoms with van der Waals surface area (Å²) in [4.78, 5) is 16.1. The van der Waals surface area contributed by atoms with Crippen LogP contribution in [0.1, 0.15) is 11.4 Å². The number of benzene rings is 2. The Morgan fingerprint density at radius 1 is 0.897 bits per heavy atom. The molecule has 0 spiro atoms. The van der Waals surface area contributed by atoms with Crippen LogP contribution >= 0.6 is 0 Å². The van der Waals surface area contributed by atoms with Crippen molar-refractivity contribution < 1.29 is 4.74 Å². The first-order valence-electron chi connectivity index (χ1n) is 9.94. The van der Waals surface area contributed by atoms with Crippen molar-refractivity contribution in [3.05, 3.63) is 72.3 Å². The predicted molar refractivity (Wildman–Crippen MR) is 114 cm³/mol. The molecule has 5 rings (SSSR count). The molecule has 0 radical (unpaired) electrons. The van der Waals surface area contributed by atoms with E-state index in [1.54, 1.807) is 6.33 Å². The molecule has 0 unspecified atom stereocenters. The van der Waals surface area contributed by atoms with E-state index < -0.39 is 0 Å². The van der Waals surface area contributed by atoms with E-state index in [9.17, 15) is 0 Å². The molecule has 0 saturated carbocycles. The first-order chi connectivity index (χ1) is 14.3. The molecule has 2 aromatic heterocycles. The van der Waals surface area contributed by atoms with Gasteiger partial charge in [0, 0.05) is 13.1 Å². The first kappa shape index (κ1) is 17.8. The molecule has 0 aliphatic carbocycles. The average molecular weight is 385 g/mol. The predicted octanol–water partition coefficient (Wildman–Crippen LogP) is 3.69. The highest BCUT2D eigenvalue weighted by Crippen LogP contribution is 2.25. The number of imidazole rings is 1. The lowest BCUT2D eigenvalue weighted by atomic mass is 10.0. The van der Waals surface area contributed by atoms with Gasteiger partial charge < -0.3 is 14.2 Å². The number of fused-ring (bicyclic) bond motifs is 1.